The van der Waals surface area contributed by atoms with Gasteiger partial charge in [0.25, 0.3) is 0 Å². The van der Waals surface area contributed by atoms with E-state index in [9.17, 15) is 14.4 Å². The summed E-state index contributed by atoms with van der Waals surface area (Å²) in [4.78, 5) is 49.4. The summed E-state index contributed by atoms with van der Waals surface area (Å²) >= 11 is -0.503. The Labute approximate surface area is 258 Å². The molecule has 0 bridgehead atoms. The van der Waals surface area contributed by atoms with Crippen LogP contribution in [0, 0.1) is 7.14 Å². The third-order valence-corrected chi connectivity index (χ3v) is 8.27. The molecule has 1 aliphatic rings. The zero-order valence-electron chi connectivity index (χ0n) is 25.8. The molecule has 2 aromatic carbocycles. The van der Waals surface area contributed by atoms with E-state index >= 15 is 0 Å². The maximum Gasteiger partial charge on any atom is 0.437 e. The summed E-state index contributed by atoms with van der Waals surface area (Å²) < 4.78 is 18.9. The third kappa shape index (κ3) is 9.78. The molecule has 1 heterocycles. The minimum Gasteiger partial charge on any atom is -0.497 e. The summed E-state index contributed by atoms with van der Waals surface area (Å²) in [5.41, 5.74) is -0.773. The lowest BCUT2D eigenvalue weighted by molar-refractivity contribution is -0.597. The quantitative estimate of drug-likeness (QED) is 0.268. The second kappa shape index (κ2) is 13.6. The van der Waals surface area contributed by atoms with Gasteiger partial charge in [0.15, 0.2) is 7.14 Å². The van der Waals surface area contributed by atoms with Crippen molar-refractivity contribution in [2.24, 2.45) is 4.99 Å². The molecule has 1 saturated heterocycles. The van der Waals surface area contributed by atoms with Gasteiger partial charge in [-0.25, -0.2) is 19.3 Å². The van der Waals surface area contributed by atoms with E-state index in [0.29, 0.717) is 0 Å². The number of aliphatic imine (C=N–C) groups is 1. The number of carbonyl (C=O) groups excluding carboxylic acids is 3. The molecular weight excluding hydrogens is 653 g/mol. The van der Waals surface area contributed by atoms with Crippen LogP contribution in [0.3, 0.4) is 0 Å². The van der Waals surface area contributed by atoms with Gasteiger partial charge in [0.2, 0.25) is 5.96 Å². The first-order valence-corrected chi connectivity index (χ1v) is 15.6. The van der Waals surface area contributed by atoms with E-state index in [0.717, 1.165) is 14.9 Å². The van der Waals surface area contributed by atoms with Gasteiger partial charge in [-0.1, -0.05) is 12.1 Å². The highest BCUT2D eigenvalue weighted by Gasteiger charge is 2.35. The van der Waals surface area contributed by atoms with E-state index in [4.69, 9.17) is 14.2 Å². The van der Waals surface area contributed by atoms with Crippen molar-refractivity contribution >= 4 is 24.2 Å². The predicted octanol–water partition coefficient (Wildman–Crippen LogP) is 2.07. The molecule has 0 spiro atoms. The topological polar surface area (TPSA) is 104 Å². The van der Waals surface area contributed by atoms with Gasteiger partial charge in [-0.15, -0.1) is 4.99 Å². The smallest absolute Gasteiger partial charge is 0.437 e. The Bertz CT molecular complexity index is 1290. The SMILES string of the molecule is COc1ccc([I+]c2cccc(CN(C(=O)OC(C)(C)C)/C(=N\C(=O)OC(C)(C)C)N3CN(C)C(=O)N(C)C3)c2)cc1. The molecule has 0 aliphatic carbocycles. The van der Waals surface area contributed by atoms with Gasteiger partial charge in [-0.3, -0.25) is 0 Å². The summed E-state index contributed by atoms with van der Waals surface area (Å²) in [7, 11) is 4.92. The van der Waals surface area contributed by atoms with Gasteiger partial charge in [-0.05, 0) is 83.5 Å². The van der Waals surface area contributed by atoms with Gasteiger partial charge in [0, 0.05) is 14.1 Å². The minimum absolute atomic E-state index is 0.0277. The monoisotopic (exact) mass is 694 g/mol. The molecule has 3 rings (SSSR count). The van der Waals surface area contributed by atoms with Crippen LogP contribution in [-0.2, 0) is 16.0 Å². The van der Waals surface area contributed by atoms with Gasteiger partial charge >= 0.3 is 39.4 Å². The van der Waals surface area contributed by atoms with Gasteiger partial charge in [-0.2, -0.15) is 0 Å². The maximum atomic E-state index is 13.7. The molecule has 42 heavy (non-hydrogen) atoms. The Hall–Kier alpha value is -3.55. The van der Waals surface area contributed by atoms with Crippen LogP contribution in [0.1, 0.15) is 47.1 Å². The molecule has 1 fully saturated rings. The lowest BCUT2D eigenvalue weighted by atomic mass is 10.2. The van der Waals surface area contributed by atoms with Crippen molar-refractivity contribution in [3.63, 3.8) is 0 Å². The first-order chi connectivity index (χ1) is 19.5. The number of carbonyl (C=O) groups is 3. The molecule has 228 valence electrons. The molecule has 0 aromatic heterocycles. The molecule has 11 nitrogen and oxygen atoms in total. The number of urea groups is 1. The Balaban J connectivity index is 2.02. The van der Waals surface area contributed by atoms with Crippen molar-refractivity contribution in [1.82, 2.24) is 19.6 Å². The summed E-state index contributed by atoms with van der Waals surface area (Å²) in [6.07, 6.45) is -1.53. The fraction of sp³-hybridized carbons (Fsp3) is 0.467. The summed E-state index contributed by atoms with van der Waals surface area (Å²) in [5.74, 6) is 0.831. The first-order valence-electron chi connectivity index (χ1n) is 13.5. The molecule has 2 aromatic rings. The van der Waals surface area contributed by atoms with E-state index < -0.39 is 44.6 Å². The molecular formula is C30H41IN5O6+. The normalized spacial score (nSPS) is 14.5. The molecule has 0 N–H and O–H groups in total. The Kier molecular flexibility index (Phi) is 10.7. The van der Waals surface area contributed by atoms with Crippen LogP contribution in [-0.4, -0.2) is 89.5 Å². The number of hydrogen-bond donors (Lipinski definition) is 0. The standard InChI is InChI=1S/C30H41IN5O6/c1-29(2,3)41-26(37)32-25(35-19-33(7)27(38)34(8)20-35)36(28(39)42-30(4,5)6)18-21-11-10-12-23(17-21)31-22-13-15-24(40-9)16-14-22/h10-17H,18-20H2,1-9H3/q+1/b32-25-. The van der Waals surface area contributed by atoms with Crippen LogP contribution in [0.5, 0.6) is 5.75 Å². The molecule has 0 unspecified atom stereocenters. The van der Waals surface area contributed by atoms with Crippen molar-refractivity contribution in [1.29, 1.82) is 0 Å². The molecule has 0 saturated carbocycles. The fourth-order valence-electron chi connectivity index (χ4n) is 3.93. The zero-order valence-corrected chi connectivity index (χ0v) is 28.0. The summed E-state index contributed by atoms with van der Waals surface area (Å²) in [5, 5.41) is 0. The van der Waals surface area contributed by atoms with E-state index in [1.807, 2.05) is 24.3 Å². The average molecular weight is 695 g/mol. The van der Waals surface area contributed by atoms with Crippen molar-refractivity contribution in [3.05, 3.63) is 61.2 Å². The number of rotatable bonds is 5. The Morgan fingerprint density at radius 3 is 2.05 bits per heavy atom. The second-order valence-electron chi connectivity index (χ2n) is 11.8. The van der Waals surface area contributed by atoms with E-state index in [1.165, 1.54) is 18.3 Å². The maximum absolute atomic E-state index is 13.7. The second-order valence-corrected chi connectivity index (χ2v) is 14.9. The van der Waals surface area contributed by atoms with Gasteiger partial charge < -0.3 is 28.9 Å². The number of guanidine groups is 1. The number of halogens is 1. The minimum atomic E-state index is -0.854. The first kappa shape index (κ1) is 33.0. The summed E-state index contributed by atoms with van der Waals surface area (Å²) in [6, 6.07) is 15.8. The predicted molar refractivity (Wildman–Crippen MR) is 155 cm³/mol. The van der Waals surface area contributed by atoms with Crippen LogP contribution >= 0.6 is 0 Å². The Morgan fingerprint density at radius 2 is 1.50 bits per heavy atom. The van der Waals surface area contributed by atoms with Crippen molar-refractivity contribution in [3.8, 4) is 5.75 Å². The largest absolute Gasteiger partial charge is 0.497 e. The van der Waals surface area contributed by atoms with E-state index in [2.05, 4.69) is 29.3 Å². The van der Waals surface area contributed by atoms with Crippen LogP contribution in [0.2, 0.25) is 0 Å². The lowest BCUT2D eigenvalue weighted by Gasteiger charge is -2.42. The number of benzene rings is 2. The zero-order chi connectivity index (χ0) is 31.2. The average Bonchev–Trinajstić information content (AvgIpc) is 2.87. The summed E-state index contributed by atoms with van der Waals surface area (Å²) in [6.45, 7) is 10.8. The van der Waals surface area contributed by atoms with Gasteiger partial charge in [0.05, 0.1) is 27.0 Å². The van der Waals surface area contributed by atoms with Crippen molar-refractivity contribution in [2.45, 2.75) is 59.3 Å². The van der Waals surface area contributed by atoms with Crippen molar-refractivity contribution < 1.29 is 49.8 Å². The highest BCUT2D eigenvalue weighted by molar-refractivity contribution is 5.99. The highest BCUT2D eigenvalue weighted by atomic mass is 127. The third-order valence-electron chi connectivity index (χ3n) is 5.64. The molecule has 12 heteroatoms. The number of nitrogens with zero attached hydrogens (tertiary/aromatic N) is 5. The number of ether oxygens (including phenoxy) is 3. The van der Waals surface area contributed by atoms with Gasteiger partial charge in [0.1, 0.15) is 17.0 Å². The highest BCUT2D eigenvalue weighted by Crippen LogP contribution is 2.19. The molecule has 0 radical (unpaired) electrons. The lowest BCUT2D eigenvalue weighted by Crippen LogP contribution is -3.61. The molecule has 0 atom stereocenters. The number of hydrogen-bond acceptors (Lipinski definition) is 6. The van der Waals surface area contributed by atoms with E-state index in [1.54, 1.807) is 67.6 Å². The van der Waals surface area contributed by atoms with Crippen LogP contribution in [0.15, 0.2) is 53.5 Å². The molecule has 1 aliphatic heterocycles. The Morgan fingerprint density at radius 1 is 0.905 bits per heavy atom. The number of methoxy groups -OCH3 is 1. The van der Waals surface area contributed by atoms with Crippen LogP contribution in [0.25, 0.3) is 0 Å². The van der Waals surface area contributed by atoms with Crippen LogP contribution in [0.4, 0.5) is 14.4 Å². The number of amides is 4. The molecule has 4 amide bonds. The fourth-order valence-corrected chi connectivity index (χ4v) is 6.32. The van der Waals surface area contributed by atoms with Crippen molar-refractivity contribution in [2.75, 3.05) is 34.5 Å². The van der Waals surface area contributed by atoms with Crippen LogP contribution < -0.4 is 25.9 Å². The van der Waals surface area contributed by atoms with E-state index in [-0.39, 0.29) is 31.9 Å².